The molecule has 7 nitrogen and oxygen atoms in total. The minimum absolute atomic E-state index is 0.0327. The van der Waals surface area contributed by atoms with Crippen molar-refractivity contribution in [2.75, 3.05) is 26.2 Å². The highest BCUT2D eigenvalue weighted by Gasteiger charge is 2.25. The van der Waals surface area contributed by atoms with Gasteiger partial charge in [-0.15, -0.1) is 21.5 Å². The van der Waals surface area contributed by atoms with Gasteiger partial charge in [-0.25, -0.2) is 0 Å². The molecule has 21 heavy (non-hydrogen) atoms. The van der Waals surface area contributed by atoms with E-state index in [0.29, 0.717) is 6.54 Å². The SMILES string of the molecule is Cc1nnc(CCNC(=O)C2CCN(CC(N)=O)CC2)s1. The van der Waals surface area contributed by atoms with Crippen LogP contribution in [0, 0.1) is 12.8 Å². The zero-order valence-corrected chi connectivity index (χ0v) is 13.0. The van der Waals surface area contributed by atoms with Crippen molar-refractivity contribution in [2.45, 2.75) is 26.2 Å². The molecule has 1 aromatic rings. The second-order valence-corrected chi connectivity index (χ2v) is 6.54. The van der Waals surface area contributed by atoms with Gasteiger partial charge in [-0.05, 0) is 32.9 Å². The van der Waals surface area contributed by atoms with Crippen LogP contribution in [0.5, 0.6) is 0 Å². The number of piperidine rings is 1. The van der Waals surface area contributed by atoms with E-state index in [4.69, 9.17) is 5.73 Å². The lowest BCUT2D eigenvalue weighted by Gasteiger charge is -2.30. The van der Waals surface area contributed by atoms with Crippen LogP contribution in [-0.2, 0) is 16.0 Å². The topological polar surface area (TPSA) is 101 Å². The summed E-state index contributed by atoms with van der Waals surface area (Å²) in [6.45, 7) is 4.28. The highest BCUT2D eigenvalue weighted by molar-refractivity contribution is 7.11. The van der Waals surface area contributed by atoms with Crippen LogP contribution in [0.2, 0.25) is 0 Å². The molecule has 1 fully saturated rings. The first-order chi connectivity index (χ1) is 10.0. The second kappa shape index (κ2) is 7.46. The number of aromatic nitrogens is 2. The van der Waals surface area contributed by atoms with Gasteiger partial charge in [0.25, 0.3) is 0 Å². The lowest BCUT2D eigenvalue weighted by Crippen LogP contribution is -2.43. The Bertz CT molecular complexity index is 497. The molecule has 2 heterocycles. The lowest BCUT2D eigenvalue weighted by molar-refractivity contribution is -0.126. The summed E-state index contributed by atoms with van der Waals surface area (Å²) in [5, 5.41) is 12.8. The van der Waals surface area contributed by atoms with E-state index in [2.05, 4.69) is 15.5 Å². The average Bonchev–Trinajstić information content (AvgIpc) is 2.84. The van der Waals surface area contributed by atoms with E-state index in [1.165, 1.54) is 0 Å². The van der Waals surface area contributed by atoms with Gasteiger partial charge in [-0.3, -0.25) is 14.5 Å². The quantitative estimate of drug-likeness (QED) is 0.751. The molecule has 3 N–H and O–H groups in total. The highest BCUT2D eigenvalue weighted by Crippen LogP contribution is 2.17. The van der Waals surface area contributed by atoms with E-state index >= 15 is 0 Å². The van der Waals surface area contributed by atoms with Crippen molar-refractivity contribution in [1.82, 2.24) is 20.4 Å². The zero-order chi connectivity index (χ0) is 15.2. The van der Waals surface area contributed by atoms with Crippen LogP contribution in [0.4, 0.5) is 0 Å². The fraction of sp³-hybridized carbons (Fsp3) is 0.692. The average molecular weight is 311 g/mol. The van der Waals surface area contributed by atoms with Crippen LogP contribution in [0.3, 0.4) is 0 Å². The molecule has 0 spiro atoms. The Labute approximate surface area is 127 Å². The number of nitrogens with two attached hydrogens (primary N) is 1. The van der Waals surface area contributed by atoms with Gasteiger partial charge >= 0.3 is 0 Å². The Balaban J connectivity index is 1.66. The van der Waals surface area contributed by atoms with Gasteiger partial charge in [0.2, 0.25) is 11.8 Å². The number of hydrogen-bond donors (Lipinski definition) is 2. The molecule has 0 atom stereocenters. The lowest BCUT2D eigenvalue weighted by atomic mass is 9.96. The summed E-state index contributed by atoms with van der Waals surface area (Å²) in [6.07, 6.45) is 2.27. The van der Waals surface area contributed by atoms with Crippen molar-refractivity contribution in [3.63, 3.8) is 0 Å². The summed E-state index contributed by atoms with van der Waals surface area (Å²) in [4.78, 5) is 24.9. The minimum atomic E-state index is -0.315. The molecular formula is C13H21N5O2S. The monoisotopic (exact) mass is 311 g/mol. The third-order valence-corrected chi connectivity index (χ3v) is 4.44. The van der Waals surface area contributed by atoms with Crippen molar-refractivity contribution < 1.29 is 9.59 Å². The van der Waals surface area contributed by atoms with Crippen LogP contribution in [0.15, 0.2) is 0 Å². The third kappa shape index (κ3) is 5.05. The number of hydrogen-bond acceptors (Lipinski definition) is 6. The Morgan fingerprint density at radius 1 is 1.38 bits per heavy atom. The summed E-state index contributed by atoms with van der Waals surface area (Å²) in [5.74, 6) is -0.189. The van der Waals surface area contributed by atoms with Gasteiger partial charge in [0.15, 0.2) is 0 Å². The molecule has 0 unspecified atom stereocenters. The number of carbonyl (C=O) groups is 2. The first-order valence-electron chi connectivity index (χ1n) is 7.12. The molecule has 0 aliphatic carbocycles. The molecule has 116 valence electrons. The van der Waals surface area contributed by atoms with Crippen molar-refractivity contribution in [1.29, 1.82) is 0 Å². The van der Waals surface area contributed by atoms with Crippen molar-refractivity contribution in [2.24, 2.45) is 11.7 Å². The van der Waals surface area contributed by atoms with Gasteiger partial charge in [-0.1, -0.05) is 0 Å². The van der Waals surface area contributed by atoms with Crippen LogP contribution < -0.4 is 11.1 Å². The maximum Gasteiger partial charge on any atom is 0.231 e. The van der Waals surface area contributed by atoms with Gasteiger partial charge in [0.1, 0.15) is 10.0 Å². The Kier molecular flexibility index (Phi) is 5.63. The second-order valence-electron chi connectivity index (χ2n) is 5.27. The molecule has 1 aliphatic rings. The van der Waals surface area contributed by atoms with Crippen LogP contribution in [-0.4, -0.2) is 53.1 Å². The van der Waals surface area contributed by atoms with Crippen molar-refractivity contribution in [3.05, 3.63) is 10.0 Å². The molecule has 1 aliphatic heterocycles. The molecular weight excluding hydrogens is 290 g/mol. The maximum absolute atomic E-state index is 12.1. The van der Waals surface area contributed by atoms with E-state index in [1.54, 1.807) is 11.3 Å². The van der Waals surface area contributed by atoms with Crippen LogP contribution >= 0.6 is 11.3 Å². The first-order valence-corrected chi connectivity index (χ1v) is 7.93. The van der Waals surface area contributed by atoms with Gasteiger partial charge in [0.05, 0.1) is 6.54 Å². The maximum atomic E-state index is 12.1. The zero-order valence-electron chi connectivity index (χ0n) is 12.2. The number of likely N-dealkylation sites (tertiary alicyclic amines) is 1. The standard InChI is InChI=1S/C13H21N5O2S/c1-9-16-17-12(21-9)2-5-15-13(20)10-3-6-18(7-4-10)8-11(14)19/h10H,2-8H2,1H3,(H2,14,19)(H,15,20). The number of primary amides is 1. The van der Waals surface area contributed by atoms with Crippen molar-refractivity contribution >= 4 is 23.2 Å². The number of carbonyl (C=O) groups excluding carboxylic acids is 2. The molecule has 8 heteroatoms. The molecule has 0 saturated carbocycles. The number of rotatable bonds is 6. The predicted octanol–water partition coefficient (Wildman–Crippen LogP) is -0.297. The Morgan fingerprint density at radius 3 is 2.67 bits per heavy atom. The van der Waals surface area contributed by atoms with Crippen LogP contribution in [0.25, 0.3) is 0 Å². The summed E-state index contributed by atoms with van der Waals surface area (Å²) in [6, 6.07) is 0. The fourth-order valence-electron chi connectivity index (χ4n) is 2.45. The Hall–Kier alpha value is -1.54. The summed E-state index contributed by atoms with van der Waals surface area (Å²) >= 11 is 1.56. The minimum Gasteiger partial charge on any atom is -0.369 e. The van der Waals surface area contributed by atoms with E-state index in [0.717, 1.165) is 42.4 Å². The van der Waals surface area contributed by atoms with Crippen LogP contribution in [0.1, 0.15) is 22.9 Å². The first kappa shape index (κ1) is 15.8. The highest BCUT2D eigenvalue weighted by atomic mass is 32.1. The molecule has 2 amide bonds. The molecule has 0 radical (unpaired) electrons. The number of nitrogens with one attached hydrogen (secondary N) is 1. The molecule has 0 aromatic carbocycles. The van der Waals surface area contributed by atoms with E-state index in [-0.39, 0.29) is 24.3 Å². The van der Waals surface area contributed by atoms with Crippen molar-refractivity contribution in [3.8, 4) is 0 Å². The third-order valence-electron chi connectivity index (χ3n) is 3.54. The summed E-state index contributed by atoms with van der Waals surface area (Å²) < 4.78 is 0. The number of nitrogens with zero attached hydrogens (tertiary/aromatic N) is 3. The number of amides is 2. The Morgan fingerprint density at radius 2 is 2.10 bits per heavy atom. The fourth-order valence-corrected chi connectivity index (χ4v) is 3.16. The largest absolute Gasteiger partial charge is 0.369 e. The van der Waals surface area contributed by atoms with E-state index in [9.17, 15) is 9.59 Å². The molecule has 1 aromatic heterocycles. The molecule has 2 rings (SSSR count). The molecule has 1 saturated heterocycles. The molecule has 0 bridgehead atoms. The smallest absolute Gasteiger partial charge is 0.231 e. The summed E-state index contributed by atoms with van der Waals surface area (Å²) in [7, 11) is 0. The van der Waals surface area contributed by atoms with E-state index < -0.39 is 0 Å². The van der Waals surface area contributed by atoms with Gasteiger partial charge in [0, 0.05) is 18.9 Å². The predicted molar refractivity (Wildman–Crippen MR) is 79.7 cm³/mol. The van der Waals surface area contributed by atoms with E-state index in [1.807, 2.05) is 11.8 Å². The van der Waals surface area contributed by atoms with Gasteiger partial charge in [-0.2, -0.15) is 0 Å². The summed E-state index contributed by atoms with van der Waals surface area (Å²) in [5.41, 5.74) is 5.17. The normalized spacial score (nSPS) is 16.8. The van der Waals surface area contributed by atoms with Gasteiger partial charge < -0.3 is 11.1 Å². The number of aryl methyl sites for hydroxylation is 1.